The fourth-order valence-corrected chi connectivity index (χ4v) is 1.93. The van der Waals surface area contributed by atoms with Crippen LogP contribution in [0.1, 0.15) is 22.8 Å². The molecular formula is C16H16O5. The van der Waals surface area contributed by atoms with Crippen LogP contribution in [0.3, 0.4) is 0 Å². The minimum Gasteiger partial charge on any atom is -0.508 e. The van der Waals surface area contributed by atoms with Crippen LogP contribution in [0.25, 0.3) is 0 Å². The molecule has 2 rings (SSSR count). The van der Waals surface area contributed by atoms with E-state index in [4.69, 9.17) is 4.74 Å². The van der Waals surface area contributed by atoms with Gasteiger partial charge in [-0.15, -0.1) is 0 Å². The molecule has 110 valence electrons. The molecule has 0 aliphatic rings. The highest BCUT2D eigenvalue weighted by atomic mass is 16.5. The molecule has 0 aliphatic carbocycles. The molecule has 0 fully saturated rings. The first kappa shape index (κ1) is 14.7. The maximum absolute atomic E-state index is 12.0. The zero-order valence-electron chi connectivity index (χ0n) is 11.5. The van der Waals surface area contributed by atoms with Crippen LogP contribution in [-0.4, -0.2) is 27.7 Å². The highest BCUT2D eigenvalue weighted by Gasteiger charge is 2.18. The number of carbonyl (C=O) groups excluding carboxylic acids is 1. The van der Waals surface area contributed by atoms with Crippen molar-refractivity contribution in [3.05, 3.63) is 47.5 Å². The zero-order chi connectivity index (χ0) is 15.4. The van der Waals surface area contributed by atoms with Crippen molar-refractivity contribution >= 4 is 5.78 Å². The fraction of sp³-hybridized carbons (Fsp3) is 0.188. The quantitative estimate of drug-likeness (QED) is 0.736. The number of ketones is 1. The van der Waals surface area contributed by atoms with Gasteiger partial charge in [-0.25, -0.2) is 0 Å². The number of hydrogen-bond donors (Lipinski definition) is 3. The van der Waals surface area contributed by atoms with Crippen LogP contribution in [-0.2, 0) is 6.42 Å². The van der Waals surface area contributed by atoms with Crippen molar-refractivity contribution in [1.29, 1.82) is 0 Å². The number of benzene rings is 2. The standard InChI is InChI=1S/C16H16O5/c1-2-10-3-5-12(6-4-10)21-9-15(20)16-13(18)7-11(17)8-14(16)19/h3-8,17-19H,2,9H2,1H3. The molecule has 21 heavy (non-hydrogen) atoms. The molecule has 5 heteroatoms. The SMILES string of the molecule is CCc1ccc(OCC(=O)c2c(O)cc(O)cc2O)cc1. The first-order valence-electron chi connectivity index (χ1n) is 6.51. The van der Waals surface area contributed by atoms with E-state index in [0.29, 0.717) is 5.75 Å². The van der Waals surface area contributed by atoms with E-state index in [1.807, 2.05) is 19.1 Å². The molecule has 0 unspecified atom stereocenters. The Morgan fingerprint density at radius 1 is 1.05 bits per heavy atom. The topological polar surface area (TPSA) is 87.0 Å². The third-order valence-electron chi connectivity index (χ3n) is 3.06. The molecule has 2 aromatic carbocycles. The summed E-state index contributed by atoms with van der Waals surface area (Å²) in [5.74, 6) is -1.34. The van der Waals surface area contributed by atoms with Crippen LogP contribution in [0, 0.1) is 0 Å². The predicted octanol–water partition coefficient (Wildman–Crippen LogP) is 2.63. The van der Waals surface area contributed by atoms with E-state index in [-0.39, 0.29) is 17.9 Å². The van der Waals surface area contributed by atoms with E-state index in [2.05, 4.69) is 0 Å². The van der Waals surface area contributed by atoms with Crippen LogP contribution in [0.15, 0.2) is 36.4 Å². The number of rotatable bonds is 5. The van der Waals surface area contributed by atoms with Gasteiger partial charge in [0.25, 0.3) is 0 Å². The van der Waals surface area contributed by atoms with Crippen molar-refractivity contribution < 1.29 is 24.9 Å². The van der Waals surface area contributed by atoms with Gasteiger partial charge in [-0.05, 0) is 24.1 Å². The number of aromatic hydroxyl groups is 3. The van der Waals surface area contributed by atoms with Gasteiger partial charge < -0.3 is 20.1 Å². The summed E-state index contributed by atoms with van der Waals surface area (Å²) in [6.07, 6.45) is 0.911. The van der Waals surface area contributed by atoms with Gasteiger partial charge in [0.05, 0.1) is 0 Å². The summed E-state index contributed by atoms with van der Waals surface area (Å²) in [6.45, 7) is 1.72. The van der Waals surface area contributed by atoms with Crippen LogP contribution in [0.4, 0.5) is 0 Å². The van der Waals surface area contributed by atoms with E-state index in [0.717, 1.165) is 24.1 Å². The lowest BCUT2D eigenvalue weighted by atomic mass is 10.1. The molecule has 0 aromatic heterocycles. The third kappa shape index (κ3) is 3.45. The highest BCUT2D eigenvalue weighted by molar-refractivity contribution is 6.02. The van der Waals surface area contributed by atoms with Gasteiger partial charge in [0.2, 0.25) is 5.78 Å². The molecule has 0 radical (unpaired) electrons. The number of aryl methyl sites for hydroxylation is 1. The lowest BCUT2D eigenvalue weighted by molar-refractivity contribution is 0.0916. The molecule has 0 amide bonds. The second-order valence-corrected chi connectivity index (χ2v) is 4.57. The van der Waals surface area contributed by atoms with Gasteiger partial charge in [0, 0.05) is 12.1 Å². The zero-order valence-corrected chi connectivity index (χ0v) is 11.5. The molecule has 5 nitrogen and oxygen atoms in total. The molecule has 0 atom stereocenters. The van der Waals surface area contributed by atoms with Gasteiger partial charge in [0.15, 0.2) is 6.61 Å². The van der Waals surface area contributed by atoms with E-state index in [1.165, 1.54) is 0 Å². The van der Waals surface area contributed by atoms with Crippen molar-refractivity contribution in [3.8, 4) is 23.0 Å². The minimum absolute atomic E-state index is 0.266. The monoisotopic (exact) mass is 288 g/mol. The largest absolute Gasteiger partial charge is 0.508 e. The second-order valence-electron chi connectivity index (χ2n) is 4.57. The summed E-state index contributed by atoms with van der Waals surface area (Å²) in [5, 5.41) is 28.4. The third-order valence-corrected chi connectivity index (χ3v) is 3.06. The van der Waals surface area contributed by atoms with Gasteiger partial charge in [0.1, 0.15) is 28.6 Å². The summed E-state index contributed by atoms with van der Waals surface area (Å²) in [5.41, 5.74) is 0.889. The maximum atomic E-state index is 12.0. The second kappa shape index (κ2) is 6.17. The van der Waals surface area contributed by atoms with Gasteiger partial charge in [-0.3, -0.25) is 4.79 Å². The minimum atomic E-state index is -0.579. The molecule has 0 heterocycles. The number of ether oxygens (including phenoxy) is 1. The normalized spacial score (nSPS) is 10.3. The molecule has 2 aromatic rings. The Morgan fingerprint density at radius 3 is 2.14 bits per heavy atom. The lowest BCUT2D eigenvalue weighted by Crippen LogP contribution is -2.12. The van der Waals surface area contributed by atoms with Crippen molar-refractivity contribution in [2.24, 2.45) is 0 Å². The molecule has 0 saturated heterocycles. The average Bonchev–Trinajstić information content (AvgIpc) is 2.44. The first-order chi connectivity index (χ1) is 10.0. The van der Waals surface area contributed by atoms with Crippen molar-refractivity contribution in [2.45, 2.75) is 13.3 Å². The van der Waals surface area contributed by atoms with Crippen molar-refractivity contribution in [2.75, 3.05) is 6.61 Å². The summed E-state index contributed by atoms with van der Waals surface area (Å²) in [7, 11) is 0. The van der Waals surface area contributed by atoms with Crippen LogP contribution < -0.4 is 4.74 Å². The van der Waals surface area contributed by atoms with Crippen molar-refractivity contribution in [1.82, 2.24) is 0 Å². The Bertz CT molecular complexity index is 623. The smallest absolute Gasteiger partial charge is 0.207 e. The average molecular weight is 288 g/mol. The van der Waals surface area contributed by atoms with E-state index < -0.39 is 17.3 Å². The maximum Gasteiger partial charge on any atom is 0.207 e. The van der Waals surface area contributed by atoms with E-state index in [9.17, 15) is 20.1 Å². The molecule has 3 N–H and O–H groups in total. The molecule has 0 bridgehead atoms. The molecule has 0 spiro atoms. The van der Waals surface area contributed by atoms with Crippen molar-refractivity contribution in [3.63, 3.8) is 0 Å². The molecule has 0 saturated carbocycles. The summed E-state index contributed by atoms with van der Waals surface area (Å²) < 4.78 is 5.33. The summed E-state index contributed by atoms with van der Waals surface area (Å²) in [4.78, 5) is 12.0. The van der Waals surface area contributed by atoms with Crippen LogP contribution in [0.2, 0.25) is 0 Å². The highest BCUT2D eigenvalue weighted by Crippen LogP contribution is 2.32. The predicted molar refractivity (Wildman–Crippen MR) is 77.1 cm³/mol. The van der Waals surface area contributed by atoms with Gasteiger partial charge >= 0.3 is 0 Å². The van der Waals surface area contributed by atoms with E-state index >= 15 is 0 Å². The van der Waals surface area contributed by atoms with Crippen LogP contribution >= 0.6 is 0 Å². The fourth-order valence-electron chi connectivity index (χ4n) is 1.93. The Hall–Kier alpha value is -2.69. The summed E-state index contributed by atoms with van der Waals surface area (Å²) in [6, 6.07) is 9.28. The Kier molecular flexibility index (Phi) is 4.33. The molecular weight excluding hydrogens is 272 g/mol. The Morgan fingerprint density at radius 2 is 1.62 bits per heavy atom. The molecule has 0 aliphatic heterocycles. The van der Waals surface area contributed by atoms with Crippen LogP contribution in [0.5, 0.6) is 23.0 Å². The van der Waals surface area contributed by atoms with Gasteiger partial charge in [-0.2, -0.15) is 0 Å². The number of carbonyl (C=O) groups is 1. The number of phenolic OH excluding ortho intramolecular Hbond substituents is 3. The Balaban J connectivity index is 2.08. The summed E-state index contributed by atoms with van der Waals surface area (Å²) >= 11 is 0. The number of hydrogen-bond acceptors (Lipinski definition) is 5. The number of phenols is 3. The van der Waals surface area contributed by atoms with E-state index in [1.54, 1.807) is 12.1 Å². The lowest BCUT2D eigenvalue weighted by Gasteiger charge is -2.09. The Labute approximate surface area is 122 Å². The first-order valence-corrected chi connectivity index (χ1v) is 6.51. The van der Waals surface area contributed by atoms with Gasteiger partial charge in [-0.1, -0.05) is 19.1 Å². The number of Topliss-reactive ketones (excluding diaryl/α,β-unsaturated/α-hetero) is 1.